The Balaban J connectivity index is 1.98. The number of hydrogen-bond donors (Lipinski definition) is 1. The van der Waals surface area contributed by atoms with Gasteiger partial charge in [-0.2, -0.15) is 8.78 Å². The van der Waals surface area contributed by atoms with E-state index in [1.165, 1.54) is 16.5 Å². The van der Waals surface area contributed by atoms with Gasteiger partial charge in [-0.25, -0.2) is 0 Å². The highest BCUT2D eigenvalue weighted by molar-refractivity contribution is 7.10. The molecule has 1 N–H and O–H groups in total. The van der Waals surface area contributed by atoms with Crippen molar-refractivity contribution in [2.75, 3.05) is 0 Å². The first-order valence-electron chi connectivity index (χ1n) is 6.93. The summed E-state index contributed by atoms with van der Waals surface area (Å²) < 4.78 is 28.9. The average Bonchev–Trinajstić information content (AvgIpc) is 2.91. The van der Waals surface area contributed by atoms with Crippen molar-refractivity contribution in [3.8, 4) is 5.75 Å². The second kappa shape index (κ2) is 7.52. The number of thiophene rings is 1. The fourth-order valence-electron chi connectivity index (χ4n) is 2.16. The minimum absolute atomic E-state index is 0.0676. The van der Waals surface area contributed by atoms with E-state index in [0.717, 1.165) is 18.5 Å². The lowest BCUT2D eigenvalue weighted by Gasteiger charge is -2.15. The first-order chi connectivity index (χ1) is 10.1. The van der Waals surface area contributed by atoms with Crippen molar-refractivity contribution in [1.29, 1.82) is 0 Å². The fraction of sp³-hybridized carbons (Fsp3) is 0.375. The van der Waals surface area contributed by atoms with Crippen LogP contribution in [-0.2, 0) is 13.0 Å². The lowest BCUT2D eigenvalue weighted by molar-refractivity contribution is -0.0499. The summed E-state index contributed by atoms with van der Waals surface area (Å²) >= 11 is 1.74. The van der Waals surface area contributed by atoms with Crippen molar-refractivity contribution in [2.24, 2.45) is 0 Å². The van der Waals surface area contributed by atoms with Gasteiger partial charge in [-0.15, -0.1) is 11.3 Å². The average molecular weight is 311 g/mol. The molecule has 0 amide bonds. The summed E-state index contributed by atoms with van der Waals surface area (Å²) in [5, 5.41) is 5.52. The number of ether oxygens (including phenoxy) is 1. The first-order valence-corrected chi connectivity index (χ1v) is 7.81. The van der Waals surface area contributed by atoms with Crippen LogP contribution in [0.1, 0.15) is 35.9 Å². The number of hydrogen-bond acceptors (Lipinski definition) is 3. The van der Waals surface area contributed by atoms with Crippen LogP contribution in [0.3, 0.4) is 0 Å². The summed E-state index contributed by atoms with van der Waals surface area (Å²) in [4.78, 5) is 1.32. The van der Waals surface area contributed by atoms with E-state index >= 15 is 0 Å². The molecule has 2 nitrogen and oxygen atoms in total. The van der Waals surface area contributed by atoms with Gasteiger partial charge in [-0.3, -0.25) is 0 Å². The molecule has 1 aromatic carbocycles. The predicted octanol–water partition coefficient (Wildman–Crippen LogP) is 4.76. The summed E-state index contributed by atoms with van der Waals surface area (Å²) in [6, 6.07) is 9.04. The van der Waals surface area contributed by atoms with Crippen molar-refractivity contribution >= 4 is 11.3 Å². The van der Waals surface area contributed by atoms with Gasteiger partial charge < -0.3 is 10.1 Å². The monoisotopic (exact) mass is 311 g/mol. The van der Waals surface area contributed by atoms with E-state index in [1.807, 2.05) is 13.0 Å². The van der Waals surface area contributed by atoms with Gasteiger partial charge in [0.2, 0.25) is 0 Å². The van der Waals surface area contributed by atoms with Gasteiger partial charge in [0.25, 0.3) is 0 Å². The van der Waals surface area contributed by atoms with Crippen molar-refractivity contribution in [1.82, 2.24) is 5.32 Å². The first kappa shape index (κ1) is 15.9. The lowest BCUT2D eigenvalue weighted by Crippen LogP contribution is -2.18. The largest absolute Gasteiger partial charge is 0.435 e. The molecule has 1 heterocycles. The molecule has 0 aliphatic carbocycles. The van der Waals surface area contributed by atoms with Crippen LogP contribution in [0.4, 0.5) is 8.78 Å². The van der Waals surface area contributed by atoms with Gasteiger partial charge in [0, 0.05) is 17.5 Å². The Labute approximate surface area is 127 Å². The minimum atomic E-state index is -2.79. The van der Waals surface area contributed by atoms with Crippen LogP contribution in [0.15, 0.2) is 35.7 Å². The smallest absolute Gasteiger partial charge is 0.387 e. The van der Waals surface area contributed by atoms with Crippen LogP contribution in [0, 0.1) is 0 Å². The van der Waals surface area contributed by atoms with E-state index in [1.54, 1.807) is 23.5 Å². The molecule has 0 saturated carbocycles. The maximum Gasteiger partial charge on any atom is 0.387 e. The minimum Gasteiger partial charge on any atom is -0.435 e. The predicted molar refractivity (Wildman–Crippen MR) is 82.0 cm³/mol. The Morgan fingerprint density at radius 2 is 2.10 bits per heavy atom. The number of benzene rings is 1. The highest BCUT2D eigenvalue weighted by Gasteiger charge is 2.10. The Bertz CT molecular complexity index is 571. The third kappa shape index (κ3) is 4.51. The summed E-state index contributed by atoms with van der Waals surface area (Å²) in [7, 11) is 0. The molecule has 0 radical (unpaired) electrons. The van der Waals surface area contributed by atoms with Gasteiger partial charge >= 0.3 is 6.61 Å². The van der Waals surface area contributed by atoms with Crippen LogP contribution < -0.4 is 10.1 Å². The van der Waals surface area contributed by atoms with Gasteiger partial charge in [-0.1, -0.05) is 19.1 Å². The van der Waals surface area contributed by atoms with Crippen molar-refractivity contribution in [2.45, 2.75) is 39.5 Å². The quantitative estimate of drug-likeness (QED) is 0.796. The van der Waals surface area contributed by atoms with E-state index in [2.05, 4.69) is 28.4 Å². The zero-order valence-electron chi connectivity index (χ0n) is 12.1. The summed E-state index contributed by atoms with van der Waals surface area (Å²) in [6.45, 7) is 2.14. The molecule has 114 valence electrons. The van der Waals surface area contributed by atoms with Gasteiger partial charge in [0.15, 0.2) is 0 Å². The lowest BCUT2D eigenvalue weighted by atomic mass is 10.1. The standard InChI is InChI=1S/C16H19F2NOS/c1-3-12-7-8-21-15(12)10-19-11(2)13-5-4-6-14(9-13)20-16(17)18/h4-9,11,16,19H,3,10H2,1-2H3. The Morgan fingerprint density at radius 3 is 2.81 bits per heavy atom. The van der Waals surface area contributed by atoms with E-state index < -0.39 is 6.61 Å². The third-order valence-electron chi connectivity index (χ3n) is 3.37. The molecule has 0 aliphatic rings. The molecular weight excluding hydrogens is 292 g/mol. The SMILES string of the molecule is CCc1ccsc1CNC(C)c1cccc(OC(F)F)c1. The zero-order chi connectivity index (χ0) is 15.2. The highest BCUT2D eigenvalue weighted by atomic mass is 32.1. The molecule has 0 aliphatic heterocycles. The molecule has 1 unspecified atom stereocenters. The summed E-state index contributed by atoms with van der Waals surface area (Å²) in [6.07, 6.45) is 1.02. The van der Waals surface area contributed by atoms with E-state index in [-0.39, 0.29) is 11.8 Å². The molecule has 1 atom stereocenters. The van der Waals surface area contributed by atoms with Gasteiger partial charge in [0.1, 0.15) is 5.75 Å². The van der Waals surface area contributed by atoms with E-state index in [4.69, 9.17) is 0 Å². The third-order valence-corrected chi connectivity index (χ3v) is 4.33. The maximum absolute atomic E-state index is 12.2. The molecule has 0 saturated heterocycles. The molecule has 2 rings (SSSR count). The fourth-order valence-corrected chi connectivity index (χ4v) is 3.09. The van der Waals surface area contributed by atoms with Crippen molar-refractivity contribution in [3.05, 3.63) is 51.7 Å². The van der Waals surface area contributed by atoms with Gasteiger partial charge in [0.05, 0.1) is 0 Å². The summed E-state index contributed by atoms with van der Waals surface area (Å²) in [5.41, 5.74) is 2.29. The van der Waals surface area contributed by atoms with E-state index in [0.29, 0.717) is 0 Å². The number of halogens is 2. The molecule has 0 bridgehead atoms. The van der Waals surface area contributed by atoms with Crippen LogP contribution in [0.25, 0.3) is 0 Å². The molecule has 21 heavy (non-hydrogen) atoms. The molecule has 0 fully saturated rings. The topological polar surface area (TPSA) is 21.3 Å². The van der Waals surface area contributed by atoms with E-state index in [9.17, 15) is 8.78 Å². The normalized spacial score (nSPS) is 12.6. The number of rotatable bonds is 7. The van der Waals surface area contributed by atoms with Crippen LogP contribution in [0.5, 0.6) is 5.75 Å². The number of nitrogens with one attached hydrogen (secondary N) is 1. The molecule has 5 heteroatoms. The number of alkyl halides is 2. The molecular formula is C16H19F2NOS. The Morgan fingerprint density at radius 1 is 1.29 bits per heavy atom. The van der Waals surface area contributed by atoms with Crippen LogP contribution in [0.2, 0.25) is 0 Å². The summed E-state index contributed by atoms with van der Waals surface area (Å²) in [5.74, 6) is 0.196. The highest BCUT2D eigenvalue weighted by Crippen LogP contribution is 2.22. The number of aryl methyl sites for hydroxylation is 1. The zero-order valence-corrected chi connectivity index (χ0v) is 12.9. The second-order valence-electron chi connectivity index (χ2n) is 4.78. The molecule has 2 aromatic rings. The molecule has 1 aromatic heterocycles. The Hall–Kier alpha value is -1.46. The van der Waals surface area contributed by atoms with Crippen LogP contribution in [-0.4, -0.2) is 6.61 Å². The van der Waals surface area contributed by atoms with Crippen LogP contribution >= 0.6 is 11.3 Å². The Kier molecular flexibility index (Phi) is 5.70. The maximum atomic E-state index is 12.2. The van der Waals surface area contributed by atoms with Crippen molar-refractivity contribution in [3.63, 3.8) is 0 Å². The second-order valence-corrected chi connectivity index (χ2v) is 5.78. The molecule has 0 spiro atoms. The van der Waals surface area contributed by atoms with Gasteiger partial charge in [-0.05, 0) is 48.1 Å². The van der Waals surface area contributed by atoms with Crippen molar-refractivity contribution < 1.29 is 13.5 Å².